The number of fused-ring (bicyclic) bond motifs is 2. The van der Waals surface area contributed by atoms with Gasteiger partial charge < -0.3 is 33.5 Å². The minimum absolute atomic E-state index is 0.00198. The van der Waals surface area contributed by atoms with E-state index in [1.54, 1.807) is 28.4 Å². The number of alkyl halides is 3. The number of halogens is 3. The number of nitrogens with zero attached hydrogens (tertiary/aromatic N) is 15. The molecule has 0 saturated carbocycles. The van der Waals surface area contributed by atoms with E-state index in [4.69, 9.17) is 44.0 Å². The lowest BCUT2D eigenvalue weighted by molar-refractivity contribution is -0.127. The van der Waals surface area contributed by atoms with E-state index in [9.17, 15) is 22.8 Å². The highest BCUT2D eigenvalue weighted by Gasteiger charge is 2.37. The van der Waals surface area contributed by atoms with Gasteiger partial charge in [0.15, 0.2) is 17.0 Å². The van der Waals surface area contributed by atoms with Crippen LogP contribution in [0.1, 0.15) is 126 Å². The van der Waals surface area contributed by atoms with Crippen LogP contribution in [-0.4, -0.2) is 166 Å². The highest BCUT2D eigenvalue weighted by atomic mass is 32.1. The number of carbonyl (C=O) groups excluding carboxylic acids is 2. The monoisotopic (exact) mass is 1330 g/mol. The molecule has 2 amide bonds. The largest absolute Gasteiger partial charge is 0.493 e. The van der Waals surface area contributed by atoms with Gasteiger partial charge >= 0.3 is 18.4 Å². The number of hydrogen-bond donors (Lipinski definition) is 0. The predicted molar refractivity (Wildman–Crippen MR) is 355 cm³/mol. The molecule has 92 heavy (non-hydrogen) atoms. The van der Waals surface area contributed by atoms with E-state index >= 15 is 0 Å². The van der Waals surface area contributed by atoms with E-state index in [-0.39, 0.29) is 53.7 Å². The maximum Gasteiger partial charge on any atom is 0.410 e. The molecule has 8 aromatic rings. The lowest BCUT2D eigenvalue weighted by atomic mass is 9.94. The maximum absolute atomic E-state index is 14.3. The van der Waals surface area contributed by atoms with Gasteiger partial charge in [-0.1, -0.05) is 53.1 Å². The maximum atomic E-state index is 14.3. The van der Waals surface area contributed by atoms with Gasteiger partial charge in [-0.05, 0) is 123 Å². The summed E-state index contributed by atoms with van der Waals surface area (Å²) in [5.41, 5.74) is 7.94. The van der Waals surface area contributed by atoms with Crippen LogP contribution in [0.3, 0.4) is 0 Å². The number of rotatable bonds is 19. The fourth-order valence-electron chi connectivity index (χ4n) is 11.4. The van der Waals surface area contributed by atoms with Crippen molar-refractivity contribution in [2.75, 3.05) is 46.5 Å². The fraction of sp³-hybridized carbons (Fsp3) is 0.594. The first-order chi connectivity index (χ1) is 43.1. The highest BCUT2D eigenvalue weighted by Crippen LogP contribution is 2.44. The number of hydrogen-bond acceptors (Lipinski definition) is 16. The molecule has 0 aliphatic carbocycles. The van der Waals surface area contributed by atoms with Crippen molar-refractivity contribution < 1.29 is 46.4 Å². The average Bonchev–Trinajstić information content (AvgIpc) is 1.60. The number of aromatic nitrogens is 13. The average molecular weight is 1330 g/mol. The van der Waals surface area contributed by atoms with Crippen LogP contribution in [0.25, 0.3) is 55.8 Å². The lowest BCUT2D eigenvalue weighted by Gasteiger charge is -2.33. The number of ether oxygens (including phenoxy) is 5. The molecule has 0 bridgehead atoms. The molecule has 2 aliphatic rings. The van der Waals surface area contributed by atoms with Crippen LogP contribution < -0.4 is 4.74 Å². The van der Waals surface area contributed by atoms with Crippen LogP contribution in [0.15, 0.2) is 49.6 Å². The summed E-state index contributed by atoms with van der Waals surface area (Å²) in [6.45, 7) is 37.2. The molecule has 0 spiro atoms. The quantitative estimate of drug-likeness (QED) is 0.0544. The number of pyridine rings is 2. The fourth-order valence-corrected chi connectivity index (χ4v) is 14.1. The number of piperidine rings is 2. The van der Waals surface area contributed by atoms with Crippen LogP contribution in [0.2, 0.25) is 51.4 Å². The third-order valence-electron chi connectivity index (χ3n) is 16.0. The minimum Gasteiger partial charge on any atom is -0.493 e. The van der Waals surface area contributed by atoms with Gasteiger partial charge in [-0.2, -0.15) is 38.7 Å². The molecule has 28 heteroatoms. The summed E-state index contributed by atoms with van der Waals surface area (Å²) >= 11 is 1.36. The van der Waals surface area contributed by atoms with E-state index in [1.807, 2.05) is 74.7 Å². The number of amides is 2. The number of aryl methyl sites for hydroxylation is 2. The molecule has 2 aliphatic heterocycles. The molecule has 22 nitrogen and oxygen atoms in total. The topological polar surface area (TPSA) is 213 Å². The molecular formula is C64H92F3N15O7SSi2. The van der Waals surface area contributed by atoms with Gasteiger partial charge in [-0.25, -0.2) is 42.9 Å². The van der Waals surface area contributed by atoms with Crippen molar-refractivity contribution in [2.24, 2.45) is 0 Å². The summed E-state index contributed by atoms with van der Waals surface area (Å²) in [6, 6.07) is 6.01. The van der Waals surface area contributed by atoms with Crippen molar-refractivity contribution >= 4 is 51.0 Å². The minimum atomic E-state index is -4.53. The van der Waals surface area contributed by atoms with Crippen LogP contribution in [0.4, 0.5) is 22.8 Å². The van der Waals surface area contributed by atoms with E-state index < -0.39 is 39.9 Å². The zero-order valence-electron chi connectivity index (χ0n) is 56.6. The Morgan fingerprint density at radius 2 is 1.21 bits per heavy atom. The summed E-state index contributed by atoms with van der Waals surface area (Å²) < 4.78 is 80.8. The second-order valence-electron chi connectivity index (χ2n) is 28.8. The molecule has 2 fully saturated rings. The number of thiazole rings is 1. The molecule has 0 N–H and O–H groups in total. The Bertz CT molecular complexity index is 3850. The van der Waals surface area contributed by atoms with E-state index in [2.05, 4.69) is 92.5 Å². The van der Waals surface area contributed by atoms with Crippen LogP contribution >= 0.6 is 11.3 Å². The third kappa shape index (κ3) is 17.4. The Hall–Kier alpha value is -7.02. The predicted octanol–water partition coefficient (Wildman–Crippen LogP) is 14.3. The third-order valence-corrected chi connectivity index (χ3v) is 20.7. The Morgan fingerprint density at radius 3 is 1.74 bits per heavy atom. The standard InChI is InChI=1S/C32H44F3N7O4SSi.C32H48N8O3Si/c1-20-27(21-9-11-40(12-10-21)30(43)46-31(2,3)4)47-29(38-20)25-23(16-32(33,34)35)26(42(39-25)19-45-13-14-48(6,7)8)22-15-24(44-5)28-36-18-37-41(28)17-22;1-22(2)27-28(25-17-34-38(19-25)26-10-12-37(13-11-26)31(41)43-32(4,5)6)36-40(21-42-14-15-44(7,8)9)29(27)24-16-23(3)30-33-20-35-39(30)18-24/h15,17-18,21H,9-14,16,19H2,1-8H3;16-20,22,26H,10-15,21H2,1-9H3. The van der Waals surface area contributed by atoms with Gasteiger partial charge in [0.2, 0.25) is 0 Å². The van der Waals surface area contributed by atoms with E-state index in [0.29, 0.717) is 80.9 Å². The summed E-state index contributed by atoms with van der Waals surface area (Å²) in [5.74, 6) is 0.663. The first-order valence-electron chi connectivity index (χ1n) is 31.7. The Kier molecular flexibility index (Phi) is 21.0. The van der Waals surface area contributed by atoms with Gasteiger partial charge in [-0.15, -0.1) is 11.3 Å². The summed E-state index contributed by atoms with van der Waals surface area (Å²) in [7, 11) is -1.17. The molecule has 0 atom stereocenters. The van der Waals surface area contributed by atoms with Crippen molar-refractivity contribution in [3.8, 4) is 50.2 Å². The molecular weight excluding hydrogens is 1240 g/mol. The van der Waals surface area contributed by atoms with Gasteiger partial charge in [0.05, 0.1) is 48.5 Å². The van der Waals surface area contributed by atoms with Crippen LogP contribution in [0, 0.1) is 13.8 Å². The molecule has 10 heterocycles. The summed E-state index contributed by atoms with van der Waals surface area (Å²) in [4.78, 5) is 43.1. The molecule has 0 unspecified atom stereocenters. The van der Waals surface area contributed by atoms with E-state index in [1.165, 1.54) is 34.0 Å². The normalized spacial score (nSPS) is 15.1. The van der Waals surface area contributed by atoms with Crippen molar-refractivity contribution in [2.45, 2.75) is 201 Å². The van der Waals surface area contributed by atoms with Crippen LogP contribution in [0.5, 0.6) is 5.75 Å². The van der Waals surface area contributed by atoms with Crippen molar-refractivity contribution in [1.82, 2.24) is 73.3 Å². The second-order valence-corrected chi connectivity index (χ2v) is 41.1. The molecule has 500 valence electrons. The van der Waals surface area contributed by atoms with Crippen LogP contribution in [-0.2, 0) is 38.8 Å². The smallest absolute Gasteiger partial charge is 0.410 e. The van der Waals surface area contributed by atoms with Gasteiger partial charge in [-0.3, -0.25) is 4.68 Å². The van der Waals surface area contributed by atoms with Crippen molar-refractivity contribution in [3.63, 3.8) is 0 Å². The lowest BCUT2D eigenvalue weighted by Crippen LogP contribution is -2.42. The van der Waals surface area contributed by atoms with Gasteiger partial charge in [0.1, 0.15) is 48.0 Å². The van der Waals surface area contributed by atoms with Gasteiger partial charge in [0, 0.05) is 107 Å². The molecule has 10 rings (SSSR count). The zero-order valence-corrected chi connectivity index (χ0v) is 59.4. The molecule has 0 radical (unpaired) electrons. The van der Waals surface area contributed by atoms with E-state index in [0.717, 1.165) is 74.8 Å². The summed E-state index contributed by atoms with van der Waals surface area (Å²) in [6.07, 6.45) is 7.32. The Balaban J connectivity index is 0.000000218. The zero-order chi connectivity index (χ0) is 66.8. The SMILES string of the molecule is COc1cc(-c2c(CC(F)(F)F)c(-c3nc(C)c(C4CCN(C(=O)OC(C)(C)C)CC4)s3)nn2COCC[Si](C)(C)C)cn2ncnc12.Cc1cc(-c2c(C(C)C)c(-c3cnn(C4CCN(C(=O)OC(C)(C)C)CC4)c3)nn2COCC[Si](C)(C)C)cn2ncnc12. The van der Waals surface area contributed by atoms with Gasteiger partial charge in [0.25, 0.3) is 0 Å². The molecule has 2 saturated heterocycles. The van der Waals surface area contributed by atoms with Crippen molar-refractivity contribution in [3.05, 3.63) is 76.8 Å². The second kappa shape index (κ2) is 27.9. The first-order valence-corrected chi connectivity index (χ1v) is 39.9. The molecule has 0 aromatic carbocycles. The number of methoxy groups -OCH3 is 1. The number of likely N-dealkylation sites (tertiary alicyclic amines) is 2. The Labute approximate surface area is 543 Å². The molecule has 8 aromatic heterocycles. The summed E-state index contributed by atoms with van der Waals surface area (Å²) in [5, 5.41) is 23.8. The first kappa shape index (κ1) is 69.3. The Morgan fingerprint density at radius 1 is 0.685 bits per heavy atom. The number of carbonyl (C=O) groups is 2. The highest BCUT2D eigenvalue weighted by molar-refractivity contribution is 7.15. The van der Waals surface area contributed by atoms with Crippen molar-refractivity contribution in [1.29, 1.82) is 0 Å².